The van der Waals surface area contributed by atoms with Gasteiger partial charge in [-0.15, -0.1) is 11.8 Å². The number of benzene rings is 1. The highest BCUT2D eigenvalue weighted by molar-refractivity contribution is 7.99. The van der Waals surface area contributed by atoms with Gasteiger partial charge in [0.25, 0.3) is 0 Å². The first-order valence-corrected chi connectivity index (χ1v) is 7.08. The van der Waals surface area contributed by atoms with Crippen LogP contribution in [-0.4, -0.2) is 24.2 Å². The molecule has 92 valence electrons. The van der Waals surface area contributed by atoms with Crippen LogP contribution in [0.1, 0.15) is 30.1 Å². The average molecular weight is 271 g/mol. The highest BCUT2D eigenvalue weighted by Gasteiger charge is 2.16. The van der Waals surface area contributed by atoms with Crippen molar-refractivity contribution in [2.45, 2.75) is 30.8 Å². The zero-order valence-electron chi connectivity index (χ0n) is 9.74. The molecule has 0 N–H and O–H groups in total. The molecular formula is C13H15ClO2S. The maximum absolute atomic E-state index is 11.2. The lowest BCUT2D eigenvalue weighted by Crippen LogP contribution is -2.07. The summed E-state index contributed by atoms with van der Waals surface area (Å²) in [5.41, 5.74) is 0.663. The molecule has 1 aliphatic heterocycles. The first kappa shape index (κ1) is 12.9. The van der Waals surface area contributed by atoms with E-state index in [1.54, 1.807) is 24.8 Å². The van der Waals surface area contributed by atoms with E-state index in [9.17, 15) is 4.79 Å². The Balaban J connectivity index is 1.98. The minimum Gasteiger partial charge on any atom is -0.377 e. The molecule has 0 spiro atoms. The van der Waals surface area contributed by atoms with Crippen LogP contribution in [0.4, 0.5) is 0 Å². The van der Waals surface area contributed by atoms with E-state index < -0.39 is 0 Å². The van der Waals surface area contributed by atoms with Gasteiger partial charge < -0.3 is 4.74 Å². The van der Waals surface area contributed by atoms with E-state index >= 15 is 0 Å². The summed E-state index contributed by atoms with van der Waals surface area (Å²) in [7, 11) is 0. The third-order valence-corrected chi connectivity index (χ3v) is 4.42. The normalized spacial score (nSPS) is 19.5. The molecule has 1 aromatic carbocycles. The number of ether oxygens (including phenoxy) is 1. The molecule has 0 saturated carbocycles. The Morgan fingerprint density at radius 2 is 2.41 bits per heavy atom. The van der Waals surface area contributed by atoms with Crippen molar-refractivity contribution in [1.29, 1.82) is 0 Å². The van der Waals surface area contributed by atoms with Gasteiger partial charge in [-0.25, -0.2) is 0 Å². The highest BCUT2D eigenvalue weighted by Crippen LogP contribution is 2.30. The second-order valence-electron chi connectivity index (χ2n) is 4.15. The van der Waals surface area contributed by atoms with E-state index in [0.29, 0.717) is 16.7 Å². The molecule has 0 aliphatic carbocycles. The van der Waals surface area contributed by atoms with Gasteiger partial charge in [-0.05, 0) is 31.9 Å². The Morgan fingerprint density at radius 3 is 3.00 bits per heavy atom. The van der Waals surface area contributed by atoms with Crippen LogP contribution in [0.2, 0.25) is 5.02 Å². The third kappa shape index (κ3) is 3.47. The lowest BCUT2D eigenvalue weighted by molar-refractivity contribution is 0.101. The summed E-state index contributed by atoms with van der Waals surface area (Å²) in [4.78, 5) is 12.2. The smallest absolute Gasteiger partial charge is 0.159 e. The van der Waals surface area contributed by atoms with Crippen molar-refractivity contribution in [3.63, 3.8) is 0 Å². The zero-order valence-corrected chi connectivity index (χ0v) is 11.3. The van der Waals surface area contributed by atoms with E-state index in [1.165, 1.54) is 0 Å². The second kappa shape index (κ2) is 5.89. The fraction of sp³-hybridized carbons (Fsp3) is 0.462. The Labute approximate surface area is 111 Å². The summed E-state index contributed by atoms with van der Waals surface area (Å²) in [6.45, 7) is 2.42. The van der Waals surface area contributed by atoms with E-state index in [1.807, 2.05) is 12.1 Å². The summed E-state index contributed by atoms with van der Waals surface area (Å²) < 4.78 is 5.56. The molecule has 17 heavy (non-hydrogen) atoms. The van der Waals surface area contributed by atoms with Crippen molar-refractivity contribution in [2.24, 2.45) is 0 Å². The second-order valence-corrected chi connectivity index (χ2v) is 5.62. The van der Waals surface area contributed by atoms with Crippen LogP contribution in [0.25, 0.3) is 0 Å². The van der Waals surface area contributed by atoms with Crippen LogP contribution in [0.3, 0.4) is 0 Å². The Morgan fingerprint density at radius 1 is 1.59 bits per heavy atom. The number of hydrogen-bond donors (Lipinski definition) is 0. The number of carbonyl (C=O) groups excluding carboxylic acids is 1. The van der Waals surface area contributed by atoms with Crippen molar-refractivity contribution in [1.82, 2.24) is 0 Å². The van der Waals surface area contributed by atoms with Gasteiger partial charge in [0, 0.05) is 22.8 Å². The Bertz CT molecular complexity index is 414. The minimum atomic E-state index is 0.0441. The van der Waals surface area contributed by atoms with Gasteiger partial charge in [0.1, 0.15) is 0 Å². The van der Waals surface area contributed by atoms with Crippen LogP contribution in [0, 0.1) is 0 Å². The molecule has 0 radical (unpaired) electrons. The zero-order chi connectivity index (χ0) is 12.3. The van der Waals surface area contributed by atoms with Gasteiger partial charge in [-0.2, -0.15) is 0 Å². The van der Waals surface area contributed by atoms with E-state index in [2.05, 4.69) is 0 Å². The number of halogens is 1. The number of rotatable bonds is 4. The average Bonchev–Trinajstić information content (AvgIpc) is 2.80. The summed E-state index contributed by atoms with van der Waals surface area (Å²) in [5.74, 6) is 0.974. The molecule has 0 amide bonds. The third-order valence-electron chi connectivity index (χ3n) is 2.79. The van der Waals surface area contributed by atoms with E-state index in [4.69, 9.17) is 16.3 Å². The maximum Gasteiger partial charge on any atom is 0.159 e. The molecular weight excluding hydrogens is 256 g/mol. The molecule has 2 nitrogen and oxygen atoms in total. The SMILES string of the molecule is CC(=O)c1ccc(SCC2CCCO2)c(Cl)c1. The number of Topliss-reactive ketones (excluding diaryl/α,β-unsaturated/α-hetero) is 1. The molecule has 2 rings (SSSR count). The first-order chi connectivity index (χ1) is 8.16. The predicted octanol–water partition coefficient (Wildman–Crippen LogP) is 3.81. The van der Waals surface area contributed by atoms with Crippen molar-refractivity contribution in [3.8, 4) is 0 Å². The quantitative estimate of drug-likeness (QED) is 0.615. The van der Waals surface area contributed by atoms with Gasteiger partial charge in [0.15, 0.2) is 5.78 Å². The highest BCUT2D eigenvalue weighted by atomic mass is 35.5. The molecule has 4 heteroatoms. The maximum atomic E-state index is 11.2. The molecule has 0 aromatic heterocycles. The van der Waals surface area contributed by atoms with Crippen molar-refractivity contribution < 1.29 is 9.53 Å². The summed E-state index contributed by atoms with van der Waals surface area (Å²) in [5, 5.41) is 0.653. The van der Waals surface area contributed by atoms with Gasteiger partial charge in [0.05, 0.1) is 11.1 Å². The fourth-order valence-corrected chi connectivity index (χ4v) is 3.13. The van der Waals surface area contributed by atoms with E-state index in [-0.39, 0.29) is 5.78 Å². The number of thioether (sulfide) groups is 1. The Kier molecular flexibility index (Phi) is 4.48. The van der Waals surface area contributed by atoms with Crippen LogP contribution >= 0.6 is 23.4 Å². The monoisotopic (exact) mass is 270 g/mol. The molecule has 1 aliphatic rings. The molecule has 1 unspecified atom stereocenters. The van der Waals surface area contributed by atoms with Gasteiger partial charge in [0.2, 0.25) is 0 Å². The van der Waals surface area contributed by atoms with Crippen molar-refractivity contribution in [3.05, 3.63) is 28.8 Å². The summed E-state index contributed by atoms with van der Waals surface area (Å²) in [6, 6.07) is 5.48. The largest absolute Gasteiger partial charge is 0.377 e. The molecule has 1 atom stereocenters. The molecule has 0 bridgehead atoms. The molecule has 1 heterocycles. The molecule has 1 fully saturated rings. The number of hydrogen-bond acceptors (Lipinski definition) is 3. The van der Waals surface area contributed by atoms with Crippen LogP contribution in [-0.2, 0) is 4.74 Å². The topological polar surface area (TPSA) is 26.3 Å². The van der Waals surface area contributed by atoms with Crippen molar-refractivity contribution >= 4 is 29.1 Å². The van der Waals surface area contributed by atoms with Crippen LogP contribution in [0.5, 0.6) is 0 Å². The first-order valence-electron chi connectivity index (χ1n) is 5.71. The van der Waals surface area contributed by atoms with Gasteiger partial charge in [-0.1, -0.05) is 17.7 Å². The minimum absolute atomic E-state index is 0.0441. The molecule has 1 aromatic rings. The molecule has 1 saturated heterocycles. The standard InChI is InChI=1S/C13H15ClO2S/c1-9(15)10-4-5-13(12(14)7-10)17-8-11-3-2-6-16-11/h4-5,7,11H,2-3,6,8H2,1H3. The lowest BCUT2D eigenvalue weighted by atomic mass is 10.1. The van der Waals surface area contributed by atoms with Crippen LogP contribution < -0.4 is 0 Å². The Hall–Kier alpha value is -0.510. The lowest BCUT2D eigenvalue weighted by Gasteiger charge is -2.10. The van der Waals surface area contributed by atoms with Gasteiger partial charge in [-0.3, -0.25) is 4.79 Å². The number of ketones is 1. The predicted molar refractivity (Wildman–Crippen MR) is 71.2 cm³/mol. The van der Waals surface area contributed by atoms with E-state index in [0.717, 1.165) is 30.1 Å². The number of carbonyl (C=O) groups is 1. The van der Waals surface area contributed by atoms with Crippen LogP contribution in [0.15, 0.2) is 23.1 Å². The fourth-order valence-electron chi connectivity index (χ4n) is 1.80. The van der Waals surface area contributed by atoms with Crippen molar-refractivity contribution in [2.75, 3.05) is 12.4 Å². The summed E-state index contributed by atoms with van der Waals surface area (Å²) in [6.07, 6.45) is 2.64. The summed E-state index contributed by atoms with van der Waals surface area (Å²) >= 11 is 7.84. The van der Waals surface area contributed by atoms with Gasteiger partial charge >= 0.3 is 0 Å².